The predicted octanol–water partition coefficient (Wildman–Crippen LogP) is 0.459. The van der Waals surface area contributed by atoms with E-state index in [9.17, 15) is 14.4 Å². The molecule has 1 atom stereocenters. The second-order valence-corrected chi connectivity index (χ2v) is 5.21. The standard InChI is InChI=1S/C15H22N4O4/c1-2-3-4-10-5-7-12(18-9-10)15(23)19(17)14(22)11(16)6-8-13(20)21/h5,7,9,11H,2-4,6,8,16-17H2,1H3,(H,20,21)/t11-/m0/s1. The molecule has 0 unspecified atom stereocenters. The van der Waals surface area contributed by atoms with Gasteiger partial charge in [-0.3, -0.25) is 19.4 Å². The van der Waals surface area contributed by atoms with Crippen LogP contribution in [0.2, 0.25) is 0 Å². The topological polar surface area (TPSA) is 140 Å². The number of carbonyl (C=O) groups is 3. The Labute approximate surface area is 134 Å². The number of pyridine rings is 1. The largest absolute Gasteiger partial charge is 0.481 e. The number of nitrogens with two attached hydrogens (primary N) is 2. The summed E-state index contributed by atoms with van der Waals surface area (Å²) in [5.41, 5.74) is 6.58. The molecule has 0 fully saturated rings. The van der Waals surface area contributed by atoms with E-state index in [1.54, 1.807) is 12.3 Å². The summed E-state index contributed by atoms with van der Waals surface area (Å²) < 4.78 is 0. The van der Waals surface area contributed by atoms with Crippen molar-refractivity contribution in [3.05, 3.63) is 29.6 Å². The normalized spacial score (nSPS) is 11.8. The van der Waals surface area contributed by atoms with E-state index in [0.717, 1.165) is 24.8 Å². The van der Waals surface area contributed by atoms with Gasteiger partial charge < -0.3 is 10.8 Å². The van der Waals surface area contributed by atoms with Crippen LogP contribution in [-0.4, -0.2) is 38.9 Å². The van der Waals surface area contributed by atoms with Gasteiger partial charge in [0.2, 0.25) is 0 Å². The highest BCUT2D eigenvalue weighted by Gasteiger charge is 2.26. The number of hydrogen-bond donors (Lipinski definition) is 3. The number of aromatic nitrogens is 1. The van der Waals surface area contributed by atoms with Gasteiger partial charge in [-0.15, -0.1) is 0 Å². The number of rotatable bonds is 8. The lowest BCUT2D eigenvalue weighted by molar-refractivity contribution is -0.137. The number of hydrazine groups is 1. The van der Waals surface area contributed by atoms with Crippen LogP contribution in [0.4, 0.5) is 0 Å². The lowest BCUT2D eigenvalue weighted by Crippen LogP contribution is -2.51. The monoisotopic (exact) mass is 322 g/mol. The smallest absolute Gasteiger partial charge is 0.303 e. The Bertz CT molecular complexity index is 559. The van der Waals surface area contributed by atoms with E-state index in [1.807, 2.05) is 0 Å². The molecule has 0 spiro atoms. The van der Waals surface area contributed by atoms with Gasteiger partial charge in [0.05, 0.1) is 6.04 Å². The van der Waals surface area contributed by atoms with Gasteiger partial charge in [0.1, 0.15) is 5.69 Å². The number of unbranched alkanes of at least 4 members (excludes halogenated alkanes) is 1. The van der Waals surface area contributed by atoms with E-state index in [2.05, 4.69) is 11.9 Å². The first kappa shape index (κ1) is 18.7. The van der Waals surface area contributed by atoms with Gasteiger partial charge in [-0.25, -0.2) is 10.9 Å². The second kappa shape index (κ2) is 8.96. The van der Waals surface area contributed by atoms with Gasteiger partial charge in [-0.2, -0.15) is 0 Å². The molecule has 0 saturated heterocycles. The summed E-state index contributed by atoms with van der Waals surface area (Å²) in [5.74, 6) is 2.79. The number of aryl methyl sites for hydroxylation is 1. The maximum atomic E-state index is 12.1. The van der Waals surface area contributed by atoms with Crippen LogP contribution in [0.3, 0.4) is 0 Å². The fraction of sp³-hybridized carbons (Fsp3) is 0.467. The minimum Gasteiger partial charge on any atom is -0.481 e. The Balaban J connectivity index is 2.67. The van der Waals surface area contributed by atoms with E-state index in [1.165, 1.54) is 6.07 Å². The Morgan fingerprint density at radius 1 is 1.35 bits per heavy atom. The zero-order valence-electron chi connectivity index (χ0n) is 13.1. The van der Waals surface area contributed by atoms with Crippen LogP contribution in [0.25, 0.3) is 0 Å². The van der Waals surface area contributed by atoms with Gasteiger partial charge in [-0.1, -0.05) is 19.4 Å². The number of imide groups is 1. The number of carbonyl (C=O) groups excluding carboxylic acids is 2. The van der Waals surface area contributed by atoms with E-state index >= 15 is 0 Å². The Kier molecular flexibility index (Phi) is 7.30. The Morgan fingerprint density at radius 2 is 2.04 bits per heavy atom. The lowest BCUT2D eigenvalue weighted by atomic mass is 10.1. The van der Waals surface area contributed by atoms with E-state index in [0.29, 0.717) is 5.01 Å². The molecule has 2 amide bonds. The van der Waals surface area contributed by atoms with Crippen LogP contribution < -0.4 is 11.6 Å². The highest BCUT2D eigenvalue weighted by Crippen LogP contribution is 2.07. The van der Waals surface area contributed by atoms with E-state index < -0.39 is 23.8 Å². The van der Waals surface area contributed by atoms with Crippen LogP contribution in [0.1, 0.15) is 48.7 Å². The number of amides is 2. The highest BCUT2D eigenvalue weighted by atomic mass is 16.4. The summed E-state index contributed by atoms with van der Waals surface area (Å²) in [6.07, 6.45) is 4.14. The quantitative estimate of drug-likeness (QED) is 0.359. The fourth-order valence-electron chi connectivity index (χ4n) is 1.88. The maximum absolute atomic E-state index is 12.1. The summed E-state index contributed by atoms with van der Waals surface area (Å²) in [5, 5.41) is 8.96. The fourth-order valence-corrected chi connectivity index (χ4v) is 1.88. The van der Waals surface area contributed by atoms with Crippen molar-refractivity contribution >= 4 is 17.8 Å². The molecule has 1 aromatic rings. The second-order valence-electron chi connectivity index (χ2n) is 5.21. The van der Waals surface area contributed by atoms with Crippen LogP contribution in [-0.2, 0) is 16.0 Å². The molecule has 1 rings (SSSR count). The third-order valence-corrected chi connectivity index (χ3v) is 3.31. The van der Waals surface area contributed by atoms with Crippen LogP contribution >= 0.6 is 0 Å². The summed E-state index contributed by atoms with van der Waals surface area (Å²) in [6, 6.07) is 2.12. The first-order valence-corrected chi connectivity index (χ1v) is 7.42. The SMILES string of the molecule is CCCCc1ccc(C(=O)N(N)C(=O)[C@@H](N)CCC(=O)O)nc1. The molecular weight excluding hydrogens is 300 g/mol. The number of hydrogen-bond acceptors (Lipinski definition) is 6. The van der Waals surface area contributed by atoms with Crippen molar-refractivity contribution in [2.75, 3.05) is 0 Å². The average molecular weight is 322 g/mol. The highest BCUT2D eigenvalue weighted by molar-refractivity contribution is 6.04. The molecule has 1 heterocycles. The van der Waals surface area contributed by atoms with Gasteiger partial charge in [0, 0.05) is 12.6 Å². The van der Waals surface area contributed by atoms with Gasteiger partial charge in [0.15, 0.2) is 0 Å². The molecule has 126 valence electrons. The van der Waals surface area contributed by atoms with Gasteiger partial charge in [0.25, 0.3) is 11.8 Å². The molecule has 0 saturated carbocycles. The average Bonchev–Trinajstić information content (AvgIpc) is 2.56. The van der Waals surface area contributed by atoms with E-state index in [-0.39, 0.29) is 18.5 Å². The molecule has 8 heteroatoms. The molecule has 0 aliphatic rings. The maximum Gasteiger partial charge on any atom is 0.303 e. The zero-order chi connectivity index (χ0) is 17.4. The van der Waals surface area contributed by atoms with Crippen LogP contribution in [0.15, 0.2) is 18.3 Å². The molecule has 0 radical (unpaired) electrons. The van der Waals surface area contributed by atoms with Gasteiger partial charge in [-0.05, 0) is 30.9 Å². The lowest BCUT2D eigenvalue weighted by Gasteiger charge is -2.18. The number of carboxylic acids is 1. The van der Waals surface area contributed by atoms with Crippen molar-refractivity contribution in [1.29, 1.82) is 0 Å². The van der Waals surface area contributed by atoms with Crippen molar-refractivity contribution < 1.29 is 19.5 Å². The molecule has 5 N–H and O–H groups in total. The number of nitrogens with zero attached hydrogens (tertiary/aromatic N) is 2. The number of carboxylic acid groups (broad SMARTS) is 1. The molecule has 0 aliphatic carbocycles. The molecule has 23 heavy (non-hydrogen) atoms. The Hall–Kier alpha value is -2.32. The van der Waals surface area contributed by atoms with Crippen LogP contribution in [0, 0.1) is 0 Å². The van der Waals surface area contributed by atoms with Crippen molar-refractivity contribution in [2.45, 2.75) is 45.1 Å². The summed E-state index contributed by atoms with van der Waals surface area (Å²) in [7, 11) is 0. The molecule has 1 aromatic heterocycles. The summed E-state index contributed by atoms with van der Waals surface area (Å²) >= 11 is 0. The molecule has 0 aliphatic heterocycles. The first-order valence-electron chi connectivity index (χ1n) is 7.42. The minimum absolute atomic E-state index is 0.0338. The first-order chi connectivity index (χ1) is 10.9. The van der Waals surface area contributed by atoms with Crippen molar-refractivity contribution in [2.24, 2.45) is 11.6 Å². The molecular formula is C15H22N4O4. The zero-order valence-corrected chi connectivity index (χ0v) is 13.1. The number of aliphatic carboxylic acids is 1. The summed E-state index contributed by atoms with van der Waals surface area (Å²) in [4.78, 5) is 38.5. The third kappa shape index (κ3) is 5.76. The third-order valence-electron chi connectivity index (χ3n) is 3.31. The van der Waals surface area contributed by atoms with Crippen molar-refractivity contribution in [3.63, 3.8) is 0 Å². The van der Waals surface area contributed by atoms with Crippen molar-refractivity contribution in [3.8, 4) is 0 Å². The van der Waals surface area contributed by atoms with Gasteiger partial charge >= 0.3 is 5.97 Å². The molecule has 0 bridgehead atoms. The Morgan fingerprint density at radius 3 is 2.57 bits per heavy atom. The minimum atomic E-state index is -1.15. The molecule has 8 nitrogen and oxygen atoms in total. The predicted molar refractivity (Wildman–Crippen MR) is 83.1 cm³/mol. The molecule has 0 aromatic carbocycles. The van der Waals surface area contributed by atoms with Crippen LogP contribution in [0.5, 0.6) is 0 Å². The summed E-state index contributed by atoms with van der Waals surface area (Å²) in [6.45, 7) is 2.08. The van der Waals surface area contributed by atoms with E-state index in [4.69, 9.17) is 16.7 Å². The van der Waals surface area contributed by atoms with Crippen molar-refractivity contribution in [1.82, 2.24) is 9.99 Å².